The van der Waals surface area contributed by atoms with Gasteiger partial charge in [-0.1, -0.05) is 53.5 Å². The first-order chi connectivity index (χ1) is 13.0. The van der Waals surface area contributed by atoms with Crippen LogP contribution in [0.2, 0.25) is 0 Å². The summed E-state index contributed by atoms with van der Waals surface area (Å²) in [6.07, 6.45) is 19.6. The number of hydrogen-bond acceptors (Lipinski definition) is 1. The predicted octanol–water partition coefficient (Wildman–Crippen LogP) is 7.45. The second-order valence-electron chi connectivity index (χ2n) is 10.5. The minimum atomic E-state index is 0.520. The molecule has 154 valence electrons. The number of rotatable bonds is 3. The molecule has 8 atom stereocenters. The molecule has 0 heterocycles. The van der Waals surface area contributed by atoms with E-state index >= 15 is 0 Å². The fraction of sp³-hybridized carbons (Fsp3) is 0.885. The van der Waals surface area contributed by atoms with Gasteiger partial charge in [-0.3, -0.25) is 4.79 Å². The summed E-state index contributed by atoms with van der Waals surface area (Å²) in [5, 5.41) is 0. The van der Waals surface area contributed by atoms with Crippen molar-refractivity contribution in [3.8, 4) is 0 Å². The zero-order chi connectivity index (χ0) is 19.7. The lowest BCUT2D eigenvalue weighted by atomic mass is 9.44. The highest BCUT2D eigenvalue weighted by Gasteiger charge is 2.59. The van der Waals surface area contributed by atoms with Gasteiger partial charge in [-0.15, -0.1) is 0 Å². The lowest BCUT2D eigenvalue weighted by Crippen LogP contribution is -2.53. The number of fused-ring (bicyclic) bond motifs is 5. The third kappa shape index (κ3) is 3.46. The monoisotopic (exact) mass is 372 g/mol. The van der Waals surface area contributed by atoms with E-state index in [4.69, 9.17) is 0 Å². The summed E-state index contributed by atoms with van der Waals surface area (Å²) in [7, 11) is 0. The molecule has 0 spiro atoms. The molecule has 0 aliphatic heterocycles. The van der Waals surface area contributed by atoms with Gasteiger partial charge in [0, 0.05) is 0 Å². The average Bonchev–Trinajstić information content (AvgIpc) is 3.04. The highest BCUT2D eigenvalue weighted by atomic mass is 16.1. The van der Waals surface area contributed by atoms with Gasteiger partial charge in [-0.05, 0) is 104 Å². The SMILES string of the molecule is CC.C[C@H](/C=C/C=O)C1CCC2C3CCC4CCCCC4(C)C3CCC21C. The predicted molar refractivity (Wildman–Crippen MR) is 116 cm³/mol. The van der Waals surface area contributed by atoms with Gasteiger partial charge in [-0.2, -0.15) is 0 Å². The van der Waals surface area contributed by atoms with Gasteiger partial charge in [0.15, 0.2) is 0 Å². The third-order valence-electron chi connectivity index (χ3n) is 9.78. The minimum absolute atomic E-state index is 0.520. The zero-order valence-corrected chi connectivity index (χ0v) is 18.7. The van der Waals surface area contributed by atoms with E-state index in [1.54, 1.807) is 6.08 Å². The molecule has 27 heavy (non-hydrogen) atoms. The fourth-order valence-corrected chi connectivity index (χ4v) is 8.55. The zero-order valence-electron chi connectivity index (χ0n) is 18.7. The second kappa shape index (κ2) is 8.42. The van der Waals surface area contributed by atoms with Gasteiger partial charge >= 0.3 is 0 Å². The number of carbonyl (C=O) groups is 1. The first kappa shape index (κ1) is 21.1. The molecule has 0 aromatic carbocycles. The summed E-state index contributed by atoms with van der Waals surface area (Å²) in [5.74, 6) is 5.31. The first-order valence-electron chi connectivity index (χ1n) is 12.1. The van der Waals surface area contributed by atoms with E-state index in [0.717, 1.165) is 35.9 Å². The van der Waals surface area contributed by atoms with E-state index in [9.17, 15) is 4.79 Å². The third-order valence-corrected chi connectivity index (χ3v) is 9.78. The van der Waals surface area contributed by atoms with Crippen LogP contribution in [-0.2, 0) is 4.79 Å². The lowest BCUT2D eigenvalue weighted by molar-refractivity contribution is -0.113. The van der Waals surface area contributed by atoms with Crippen LogP contribution in [0.4, 0.5) is 0 Å². The molecular formula is C26H44O. The van der Waals surface area contributed by atoms with E-state index in [2.05, 4.69) is 26.8 Å². The Bertz CT molecular complexity index is 536. The van der Waals surface area contributed by atoms with E-state index in [1.807, 2.05) is 13.8 Å². The van der Waals surface area contributed by atoms with E-state index in [1.165, 1.54) is 64.2 Å². The van der Waals surface area contributed by atoms with Crippen molar-refractivity contribution in [3.05, 3.63) is 12.2 Å². The minimum Gasteiger partial charge on any atom is -0.299 e. The van der Waals surface area contributed by atoms with Gasteiger partial charge in [0.1, 0.15) is 6.29 Å². The average molecular weight is 373 g/mol. The molecule has 4 fully saturated rings. The Morgan fingerprint density at radius 3 is 2.33 bits per heavy atom. The van der Waals surface area contributed by atoms with Crippen molar-refractivity contribution in [2.75, 3.05) is 0 Å². The van der Waals surface area contributed by atoms with Gasteiger partial charge < -0.3 is 0 Å². The largest absolute Gasteiger partial charge is 0.299 e. The molecule has 0 N–H and O–H groups in total. The summed E-state index contributed by atoms with van der Waals surface area (Å²) in [6.45, 7) is 11.6. The van der Waals surface area contributed by atoms with Crippen molar-refractivity contribution >= 4 is 6.29 Å². The quantitative estimate of drug-likeness (QED) is 0.371. The molecule has 0 aromatic heterocycles. The van der Waals surface area contributed by atoms with Crippen LogP contribution in [-0.4, -0.2) is 6.29 Å². The maximum Gasteiger partial charge on any atom is 0.142 e. The molecular weight excluding hydrogens is 328 g/mol. The van der Waals surface area contributed by atoms with Crippen molar-refractivity contribution in [1.82, 2.24) is 0 Å². The van der Waals surface area contributed by atoms with Crippen LogP contribution in [0.5, 0.6) is 0 Å². The maximum atomic E-state index is 10.8. The Balaban J connectivity index is 0.00000102. The number of carbonyl (C=O) groups excluding carboxylic acids is 1. The van der Waals surface area contributed by atoms with Crippen molar-refractivity contribution in [2.24, 2.45) is 46.3 Å². The van der Waals surface area contributed by atoms with Gasteiger partial charge in [-0.25, -0.2) is 0 Å². The molecule has 0 saturated heterocycles. The number of hydrogen-bond donors (Lipinski definition) is 0. The standard InChI is InChI=1S/C24H38O.C2H6/c1-17(7-6-16-25)20-11-12-21-19-10-9-18-8-4-5-14-23(18,2)22(19)13-15-24(20,21)3;1-2/h6-7,16-22H,4-5,8-15H2,1-3H3;1-2H3/b7-6+;/t17-,18?,19?,20?,21?,22?,23?,24?;/m1./s1. The molecule has 4 aliphatic rings. The summed E-state index contributed by atoms with van der Waals surface area (Å²) in [5.41, 5.74) is 1.18. The topological polar surface area (TPSA) is 17.1 Å². The van der Waals surface area contributed by atoms with E-state index in [-0.39, 0.29) is 0 Å². The highest BCUT2D eigenvalue weighted by molar-refractivity contribution is 5.64. The molecule has 1 heteroatoms. The van der Waals surface area contributed by atoms with Crippen molar-refractivity contribution in [2.45, 2.75) is 98.8 Å². The number of aldehydes is 1. The Kier molecular flexibility index (Phi) is 6.59. The Morgan fingerprint density at radius 2 is 1.59 bits per heavy atom. The summed E-state index contributed by atoms with van der Waals surface area (Å²) in [4.78, 5) is 10.8. The van der Waals surface area contributed by atoms with Gasteiger partial charge in [0.2, 0.25) is 0 Å². The van der Waals surface area contributed by atoms with Gasteiger partial charge in [0.25, 0.3) is 0 Å². The van der Waals surface area contributed by atoms with Crippen LogP contribution < -0.4 is 0 Å². The molecule has 0 aromatic rings. The van der Waals surface area contributed by atoms with Crippen molar-refractivity contribution in [3.63, 3.8) is 0 Å². The summed E-state index contributed by atoms with van der Waals surface area (Å²) in [6, 6.07) is 0. The molecule has 0 bridgehead atoms. The Morgan fingerprint density at radius 1 is 0.852 bits per heavy atom. The highest BCUT2D eigenvalue weighted by Crippen LogP contribution is 2.68. The molecule has 4 saturated carbocycles. The van der Waals surface area contributed by atoms with Crippen LogP contribution in [0.15, 0.2) is 12.2 Å². The van der Waals surface area contributed by atoms with Gasteiger partial charge in [0.05, 0.1) is 0 Å². The van der Waals surface area contributed by atoms with Crippen molar-refractivity contribution < 1.29 is 4.79 Å². The second-order valence-corrected chi connectivity index (χ2v) is 10.5. The molecule has 0 amide bonds. The summed E-state index contributed by atoms with van der Waals surface area (Å²) >= 11 is 0. The van der Waals surface area contributed by atoms with E-state index in [0.29, 0.717) is 16.7 Å². The van der Waals surface area contributed by atoms with Crippen LogP contribution >= 0.6 is 0 Å². The summed E-state index contributed by atoms with van der Waals surface area (Å²) < 4.78 is 0. The first-order valence-corrected chi connectivity index (χ1v) is 12.1. The van der Waals surface area contributed by atoms with Crippen molar-refractivity contribution in [1.29, 1.82) is 0 Å². The number of allylic oxidation sites excluding steroid dienone is 2. The molecule has 1 nitrogen and oxygen atoms in total. The normalized spacial score (nSPS) is 47.2. The Hall–Kier alpha value is -0.590. The van der Waals surface area contributed by atoms with E-state index < -0.39 is 0 Å². The lowest BCUT2D eigenvalue weighted by Gasteiger charge is -2.60. The molecule has 0 radical (unpaired) electrons. The van der Waals surface area contributed by atoms with Crippen LogP contribution in [0.25, 0.3) is 0 Å². The Labute approximate surface area is 168 Å². The van der Waals surface area contributed by atoms with Crippen LogP contribution in [0.1, 0.15) is 98.8 Å². The fourth-order valence-electron chi connectivity index (χ4n) is 8.55. The smallest absolute Gasteiger partial charge is 0.142 e. The maximum absolute atomic E-state index is 10.8. The van der Waals surface area contributed by atoms with Crippen LogP contribution in [0, 0.1) is 46.3 Å². The molecule has 4 aliphatic carbocycles. The molecule has 7 unspecified atom stereocenters. The van der Waals surface area contributed by atoms with Crippen LogP contribution in [0.3, 0.4) is 0 Å². The molecule has 4 rings (SSSR count).